The molecule has 104 valence electrons. The number of carbonyl (C=O) groups is 1. The molecule has 1 aromatic carbocycles. The van der Waals surface area contributed by atoms with Crippen molar-refractivity contribution >= 4 is 23.2 Å². The molecule has 0 saturated carbocycles. The zero-order chi connectivity index (χ0) is 13.9. The first-order valence-electron chi connectivity index (χ1n) is 6.35. The molecule has 2 N–H and O–H groups in total. The fourth-order valence-corrected chi connectivity index (χ4v) is 2.52. The standard InChI is InChI=1S/C14H19ClN2O2/c1-10-3-4-11(7-12(10)15)17-13(18)14(9-19-2)5-6-16-8-14/h3-4,7,16H,5-6,8-9H2,1-2H3,(H,17,18). The second-order valence-electron chi connectivity index (χ2n) is 5.06. The molecule has 1 saturated heterocycles. The molecule has 0 radical (unpaired) electrons. The third-order valence-corrected chi connectivity index (χ3v) is 3.98. The molecule has 1 aromatic rings. The Balaban J connectivity index is 2.12. The number of hydrogen-bond donors (Lipinski definition) is 2. The summed E-state index contributed by atoms with van der Waals surface area (Å²) in [5, 5.41) is 6.81. The largest absolute Gasteiger partial charge is 0.384 e. The van der Waals surface area contributed by atoms with E-state index in [2.05, 4.69) is 10.6 Å². The van der Waals surface area contributed by atoms with Crippen LogP contribution < -0.4 is 10.6 Å². The fourth-order valence-electron chi connectivity index (χ4n) is 2.34. The van der Waals surface area contributed by atoms with E-state index in [1.165, 1.54) is 0 Å². The summed E-state index contributed by atoms with van der Waals surface area (Å²) >= 11 is 6.06. The lowest BCUT2D eigenvalue weighted by atomic mass is 9.87. The van der Waals surface area contributed by atoms with Gasteiger partial charge in [-0.15, -0.1) is 0 Å². The minimum absolute atomic E-state index is 0.0146. The molecule has 1 unspecified atom stereocenters. The molecule has 1 fully saturated rings. The molecule has 1 atom stereocenters. The van der Waals surface area contributed by atoms with Crippen molar-refractivity contribution in [1.29, 1.82) is 0 Å². The van der Waals surface area contributed by atoms with Crippen LogP contribution in [0.1, 0.15) is 12.0 Å². The number of carbonyl (C=O) groups excluding carboxylic acids is 1. The number of methoxy groups -OCH3 is 1. The predicted octanol–water partition coefficient (Wildman–Crippen LogP) is 2.21. The Bertz CT molecular complexity index is 471. The number of aryl methyl sites for hydroxylation is 1. The maximum atomic E-state index is 12.4. The highest BCUT2D eigenvalue weighted by molar-refractivity contribution is 6.31. The normalized spacial score (nSPS) is 22.5. The van der Waals surface area contributed by atoms with E-state index in [9.17, 15) is 4.79 Å². The Hall–Kier alpha value is -1.10. The first-order valence-corrected chi connectivity index (χ1v) is 6.72. The smallest absolute Gasteiger partial charge is 0.234 e. The summed E-state index contributed by atoms with van der Waals surface area (Å²) < 4.78 is 5.20. The van der Waals surface area contributed by atoms with E-state index in [4.69, 9.17) is 16.3 Å². The first kappa shape index (κ1) is 14.3. The molecular formula is C14H19ClN2O2. The summed E-state index contributed by atoms with van der Waals surface area (Å²) in [4.78, 5) is 12.4. The van der Waals surface area contributed by atoms with Crippen LogP contribution in [-0.4, -0.2) is 32.7 Å². The van der Waals surface area contributed by atoms with E-state index in [1.807, 2.05) is 19.1 Å². The zero-order valence-corrected chi connectivity index (χ0v) is 12.0. The molecule has 0 aromatic heterocycles. The quantitative estimate of drug-likeness (QED) is 0.890. The van der Waals surface area contributed by atoms with Crippen LogP contribution in [0.4, 0.5) is 5.69 Å². The highest BCUT2D eigenvalue weighted by atomic mass is 35.5. The Morgan fingerprint density at radius 3 is 2.95 bits per heavy atom. The molecule has 4 nitrogen and oxygen atoms in total. The summed E-state index contributed by atoms with van der Waals surface area (Å²) in [6, 6.07) is 5.54. The van der Waals surface area contributed by atoms with E-state index in [0.29, 0.717) is 18.2 Å². The van der Waals surface area contributed by atoms with E-state index >= 15 is 0 Å². The summed E-state index contributed by atoms with van der Waals surface area (Å²) in [7, 11) is 1.62. The van der Waals surface area contributed by atoms with Gasteiger partial charge >= 0.3 is 0 Å². The van der Waals surface area contributed by atoms with Crippen molar-refractivity contribution in [2.24, 2.45) is 5.41 Å². The van der Waals surface area contributed by atoms with Crippen LogP contribution in [0.25, 0.3) is 0 Å². The highest BCUT2D eigenvalue weighted by Crippen LogP contribution is 2.28. The van der Waals surface area contributed by atoms with Crippen molar-refractivity contribution in [1.82, 2.24) is 5.32 Å². The topological polar surface area (TPSA) is 50.4 Å². The van der Waals surface area contributed by atoms with Gasteiger partial charge < -0.3 is 15.4 Å². The molecule has 5 heteroatoms. The molecular weight excluding hydrogens is 264 g/mol. The van der Waals surface area contributed by atoms with Gasteiger partial charge in [-0.05, 0) is 37.6 Å². The lowest BCUT2D eigenvalue weighted by Crippen LogP contribution is -2.41. The van der Waals surface area contributed by atoms with Crippen LogP contribution in [0.15, 0.2) is 18.2 Å². The minimum Gasteiger partial charge on any atom is -0.384 e. The minimum atomic E-state index is -0.480. The molecule has 1 aliphatic heterocycles. The molecule has 0 aliphatic carbocycles. The zero-order valence-electron chi connectivity index (χ0n) is 11.3. The van der Waals surface area contributed by atoms with Crippen LogP contribution in [0.3, 0.4) is 0 Å². The van der Waals surface area contributed by atoms with E-state index in [0.717, 1.165) is 24.2 Å². The van der Waals surface area contributed by atoms with E-state index in [1.54, 1.807) is 13.2 Å². The number of benzene rings is 1. The molecule has 19 heavy (non-hydrogen) atoms. The van der Waals surface area contributed by atoms with Crippen molar-refractivity contribution < 1.29 is 9.53 Å². The van der Waals surface area contributed by atoms with Crippen LogP contribution >= 0.6 is 11.6 Å². The van der Waals surface area contributed by atoms with Gasteiger partial charge in [0.05, 0.1) is 12.0 Å². The van der Waals surface area contributed by atoms with Gasteiger partial charge in [0.2, 0.25) is 5.91 Å². The predicted molar refractivity (Wildman–Crippen MR) is 76.6 cm³/mol. The Labute approximate surface area is 118 Å². The Morgan fingerprint density at radius 2 is 2.37 bits per heavy atom. The van der Waals surface area contributed by atoms with Crippen molar-refractivity contribution in [3.8, 4) is 0 Å². The van der Waals surface area contributed by atoms with Gasteiger partial charge in [-0.25, -0.2) is 0 Å². The monoisotopic (exact) mass is 282 g/mol. The second-order valence-corrected chi connectivity index (χ2v) is 5.47. The lowest BCUT2D eigenvalue weighted by Gasteiger charge is -2.26. The molecule has 1 heterocycles. The third-order valence-electron chi connectivity index (χ3n) is 3.58. The third kappa shape index (κ3) is 3.08. The van der Waals surface area contributed by atoms with Crippen molar-refractivity contribution in [2.45, 2.75) is 13.3 Å². The van der Waals surface area contributed by atoms with Gasteiger partial charge in [-0.1, -0.05) is 17.7 Å². The van der Waals surface area contributed by atoms with Gasteiger partial charge in [-0.2, -0.15) is 0 Å². The molecule has 0 spiro atoms. The number of rotatable bonds is 4. The first-order chi connectivity index (χ1) is 9.07. The Kier molecular flexibility index (Phi) is 4.45. The van der Waals surface area contributed by atoms with E-state index < -0.39 is 5.41 Å². The number of halogens is 1. The maximum absolute atomic E-state index is 12.4. The van der Waals surface area contributed by atoms with Gasteiger partial charge in [0.25, 0.3) is 0 Å². The molecule has 2 rings (SSSR count). The maximum Gasteiger partial charge on any atom is 0.234 e. The number of amides is 1. The summed E-state index contributed by atoms with van der Waals surface area (Å²) in [6.07, 6.45) is 0.784. The lowest BCUT2D eigenvalue weighted by molar-refractivity contribution is -0.127. The Morgan fingerprint density at radius 1 is 1.58 bits per heavy atom. The number of ether oxygens (including phenoxy) is 1. The number of hydrogen-bond acceptors (Lipinski definition) is 3. The van der Waals surface area contributed by atoms with Crippen molar-refractivity contribution in [3.05, 3.63) is 28.8 Å². The summed E-state index contributed by atoms with van der Waals surface area (Å²) in [5.41, 5.74) is 1.24. The van der Waals surface area contributed by atoms with Crippen molar-refractivity contribution in [2.75, 3.05) is 32.1 Å². The van der Waals surface area contributed by atoms with Crippen LogP contribution in [0.5, 0.6) is 0 Å². The average Bonchev–Trinajstić information content (AvgIpc) is 2.84. The van der Waals surface area contributed by atoms with Gasteiger partial charge in [0.1, 0.15) is 0 Å². The fraction of sp³-hybridized carbons (Fsp3) is 0.500. The number of nitrogens with one attached hydrogen (secondary N) is 2. The van der Waals surface area contributed by atoms with Crippen LogP contribution in [0, 0.1) is 12.3 Å². The van der Waals surface area contributed by atoms with E-state index in [-0.39, 0.29) is 5.91 Å². The van der Waals surface area contributed by atoms with Crippen LogP contribution in [-0.2, 0) is 9.53 Å². The highest BCUT2D eigenvalue weighted by Gasteiger charge is 2.41. The van der Waals surface area contributed by atoms with Crippen molar-refractivity contribution in [3.63, 3.8) is 0 Å². The number of anilines is 1. The van der Waals surface area contributed by atoms with Gasteiger partial charge in [-0.3, -0.25) is 4.79 Å². The SMILES string of the molecule is COCC1(C(=O)Nc2ccc(C)c(Cl)c2)CCNC1. The molecule has 1 amide bonds. The molecule has 0 bridgehead atoms. The van der Waals surface area contributed by atoms with Crippen LogP contribution in [0.2, 0.25) is 5.02 Å². The van der Waals surface area contributed by atoms with Gasteiger partial charge in [0.15, 0.2) is 0 Å². The average molecular weight is 283 g/mol. The summed E-state index contributed by atoms with van der Waals surface area (Å²) in [6.45, 7) is 3.84. The second kappa shape index (κ2) is 5.90. The van der Waals surface area contributed by atoms with Gasteiger partial charge in [0, 0.05) is 24.4 Å². The summed E-state index contributed by atoms with van der Waals surface area (Å²) in [5.74, 6) is -0.0146. The molecule has 1 aliphatic rings.